The summed E-state index contributed by atoms with van der Waals surface area (Å²) < 4.78 is 0. The number of aryl methyl sites for hydroxylation is 1. The molecule has 2 aromatic heterocycles. The monoisotopic (exact) mass is 347 g/mol. The van der Waals surface area contributed by atoms with E-state index in [9.17, 15) is 0 Å². The molecule has 0 bridgehead atoms. The van der Waals surface area contributed by atoms with Crippen LogP contribution in [-0.2, 0) is 0 Å². The Labute approximate surface area is 151 Å². The first-order chi connectivity index (χ1) is 12.4. The number of pyridine rings is 1. The van der Waals surface area contributed by atoms with Crippen LogP contribution >= 0.6 is 0 Å². The number of fused-ring (bicyclic) bond motifs is 1. The Morgan fingerprint density at radius 1 is 1.23 bits per heavy atom. The fourth-order valence-electron chi connectivity index (χ4n) is 2.65. The van der Waals surface area contributed by atoms with Crippen LogP contribution in [0.15, 0.2) is 65.1 Å². The first-order valence-electron chi connectivity index (χ1n) is 8.08. The van der Waals surface area contributed by atoms with E-state index in [0.29, 0.717) is 23.1 Å². The average Bonchev–Trinajstić information content (AvgIpc) is 3.05. The van der Waals surface area contributed by atoms with Gasteiger partial charge < -0.3 is 21.8 Å². The van der Waals surface area contributed by atoms with Gasteiger partial charge in [0.15, 0.2) is 0 Å². The third-order valence-electron chi connectivity index (χ3n) is 3.74. The Balaban J connectivity index is 2.02. The highest BCUT2D eigenvalue weighted by atomic mass is 15.0. The highest BCUT2D eigenvalue weighted by Gasteiger charge is 2.11. The third-order valence-corrected chi connectivity index (χ3v) is 3.74. The van der Waals surface area contributed by atoms with E-state index < -0.39 is 0 Å². The number of benzene rings is 1. The minimum absolute atomic E-state index is 0.180. The van der Waals surface area contributed by atoms with Crippen molar-refractivity contribution in [3.05, 3.63) is 66.3 Å². The minimum atomic E-state index is 0.180. The van der Waals surface area contributed by atoms with Crippen molar-refractivity contribution in [1.82, 2.24) is 9.97 Å². The lowest BCUT2D eigenvalue weighted by Gasteiger charge is -2.12. The summed E-state index contributed by atoms with van der Waals surface area (Å²) in [4.78, 5) is 16.0. The summed E-state index contributed by atoms with van der Waals surface area (Å²) in [7, 11) is 0. The van der Waals surface area contributed by atoms with Crippen molar-refractivity contribution in [2.24, 2.45) is 21.5 Å². The molecule has 26 heavy (non-hydrogen) atoms. The number of nitrogens with two attached hydrogens (primary N) is 2. The van der Waals surface area contributed by atoms with Gasteiger partial charge in [0.25, 0.3) is 0 Å². The van der Waals surface area contributed by atoms with Gasteiger partial charge in [0.05, 0.1) is 5.56 Å². The molecule has 7 heteroatoms. The molecular formula is C19H21N7. The maximum absolute atomic E-state index is 6.20. The highest BCUT2D eigenvalue weighted by Crippen LogP contribution is 2.26. The zero-order valence-corrected chi connectivity index (χ0v) is 14.7. The summed E-state index contributed by atoms with van der Waals surface area (Å²) in [5.41, 5.74) is 15.3. The van der Waals surface area contributed by atoms with Crippen LogP contribution < -0.4 is 16.8 Å². The van der Waals surface area contributed by atoms with Crippen LogP contribution in [0.3, 0.4) is 0 Å². The second-order valence-corrected chi connectivity index (χ2v) is 5.93. The van der Waals surface area contributed by atoms with Gasteiger partial charge >= 0.3 is 0 Å². The summed E-state index contributed by atoms with van der Waals surface area (Å²) >= 11 is 0. The van der Waals surface area contributed by atoms with Crippen molar-refractivity contribution < 1.29 is 0 Å². The minimum Gasteiger partial charge on any atom is -0.384 e. The van der Waals surface area contributed by atoms with E-state index in [0.717, 1.165) is 22.2 Å². The van der Waals surface area contributed by atoms with Crippen molar-refractivity contribution in [2.75, 3.05) is 5.32 Å². The van der Waals surface area contributed by atoms with Crippen LogP contribution in [0.4, 0.5) is 11.5 Å². The average molecular weight is 347 g/mol. The zero-order chi connectivity index (χ0) is 18.7. The third kappa shape index (κ3) is 3.72. The van der Waals surface area contributed by atoms with E-state index in [4.69, 9.17) is 11.5 Å². The maximum Gasteiger partial charge on any atom is 0.141 e. The van der Waals surface area contributed by atoms with E-state index in [1.807, 2.05) is 43.5 Å². The summed E-state index contributed by atoms with van der Waals surface area (Å²) in [5.74, 6) is 1.52. The number of H-pyrrole nitrogens is 1. The molecule has 0 unspecified atom stereocenters. The van der Waals surface area contributed by atoms with E-state index in [-0.39, 0.29) is 5.82 Å². The van der Waals surface area contributed by atoms with Crippen LogP contribution in [0.25, 0.3) is 10.9 Å². The molecule has 1 aromatic carbocycles. The first-order valence-corrected chi connectivity index (χ1v) is 8.08. The SMILES string of the molecule is C=C(N)/N=C(C)\N=C(/N)c1cc(C)cnc1Nc1cccc2[nH]ccc12. The predicted molar refractivity (Wildman–Crippen MR) is 108 cm³/mol. The number of aliphatic imine (C=N–C) groups is 2. The predicted octanol–water partition coefficient (Wildman–Crippen LogP) is 3.17. The Bertz CT molecular complexity index is 1030. The number of nitrogens with zero attached hydrogens (tertiary/aromatic N) is 3. The molecule has 7 nitrogen and oxygen atoms in total. The Morgan fingerprint density at radius 3 is 2.81 bits per heavy atom. The molecular weight excluding hydrogens is 326 g/mol. The molecule has 3 rings (SSSR count). The van der Waals surface area contributed by atoms with Crippen LogP contribution in [0.5, 0.6) is 0 Å². The second-order valence-electron chi connectivity index (χ2n) is 5.93. The number of aromatic nitrogens is 2. The van der Waals surface area contributed by atoms with Crippen molar-refractivity contribution in [1.29, 1.82) is 0 Å². The number of aromatic amines is 1. The van der Waals surface area contributed by atoms with E-state index in [2.05, 4.69) is 31.8 Å². The fourth-order valence-corrected chi connectivity index (χ4v) is 2.65. The molecule has 0 aliphatic rings. The van der Waals surface area contributed by atoms with Gasteiger partial charge in [0, 0.05) is 29.0 Å². The van der Waals surface area contributed by atoms with E-state index in [1.165, 1.54) is 0 Å². The van der Waals surface area contributed by atoms with Crippen molar-refractivity contribution in [2.45, 2.75) is 13.8 Å². The molecule has 2 heterocycles. The molecule has 0 fully saturated rings. The van der Waals surface area contributed by atoms with Crippen LogP contribution in [0.2, 0.25) is 0 Å². The second kappa shape index (κ2) is 7.10. The lowest BCUT2D eigenvalue weighted by molar-refractivity contribution is 1.23. The van der Waals surface area contributed by atoms with E-state index in [1.54, 1.807) is 13.1 Å². The number of nitrogens with one attached hydrogen (secondary N) is 2. The number of rotatable bonds is 4. The van der Waals surface area contributed by atoms with Gasteiger partial charge in [-0.25, -0.2) is 15.0 Å². The summed E-state index contributed by atoms with van der Waals surface area (Å²) in [6, 6.07) is 9.90. The van der Waals surface area contributed by atoms with E-state index >= 15 is 0 Å². The lowest BCUT2D eigenvalue weighted by Crippen LogP contribution is -2.18. The normalized spacial score (nSPS) is 12.4. The molecule has 3 aromatic rings. The molecule has 0 spiro atoms. The molecule has 0 radical (unpaired) electrons. The van der Waals surface area contributed by atoms with Crippen molar-refractivity contribution in [3.8, 4) is 0 Å². The molecule has 132 valence electrons. The molecule has 0 atom stereocenters. The number of hydrogen-bond acceptors (Lipinski definition) is 4. The van der Waals surface area contributed by atoms with Crippen molar-refractivity contribution in [3.63, 3.8) is 0 Å². The maximum atomic E-state index is 6.20. The summed E-state index contributed by atoms with van der Waals surface area (Å²) in [6.45, 7) is 7.20. The number of amidine groups is 2. The van der Waals surface area contributed by atoms with Gasteiger partial charge in [0.1, 0.15) is 23.3 Å². The van der Waals surface area contributed by atoms with Crippen LogP contribution in [-0.4, -0.2) is 21.6 Å². The standard InChI is InChI=1S/C19H21N7/c1-11-9-15(18(21)25-13(3)24-12(2)20)19(23-10-11)26-17-6-4-5-16-14(17)7-8-22-16/h4-10,22H,2,20H2,1,3H3,(H,23,26)(H2,21,24,25). The largest absolute Gasteiger partial charge is 0.384 e. The molecule has 0 saturated heterocycles. The van der Waals surface area contributed by atoms with Gasteiger partial charge in [-0.15, -0.1) is 0 Å². The lowest BCUT2D eigenvalue weighted by atomic mass is 10.1. The van der Waals surface area contributed by atoms with Gasteiger partial charge in [-0.1, -0.05) is 12.6 Å². The van der Waals surface area contributed by atoms with Gasteiger partial charge in [0.2, 0.25) is 0 Å². The quantitative estimate of drug-likeness (QED) is 0.428. The van der Waals surface area contributed by atoms with Crippen LogP contribution in [0, 0.1) is 6.92 Å². The molecule has 0 aliphatic heterocycles. The van der Waals surface area contributed by atoms with Gasteiger partial charge in [-0.05, 0) is 43.7 Å². The Hall–Kier alpha value is -3.61. The number of anilines is 2. The van der Waals surface area contributed by atoms with Crippen molar-refractivity contribution >= 4 is 34.1 Å². The highest BCUT2D eigenvalue weighted by molar-refractivity contribution is 6.08. The molecule has 0 amide bonds. The summed E-state index contributed by atoms with van der Waals surface area (Å²) in [5, 5.41) is 4.41. The number of hydrogen-bond donors (Lipinski definition) is 4. The fraction of sp³-hybridized carbons (Fsp3) is 0.105. The van der Waals surface area contributed by atoms with Gasteiger partial charge in [-0.2, -0.15) is 0 Å². The van der Waals surface area contributed by atoms with Crippen LogP contribution in [0.1, 0.15) is 18.1 Å². The Morgan fingerprint density at radius 2 is 2.04 bits per heavy atom. The summed E-state index contributed by atoms with van der Waals surface area (Å²) in [6.07, 6.45) is 3.67. The molecule has 0 aliphatic carbocycles. The molecule has 6 N–H and O–H groups in total. The Kier molecular flexibility index (Phi) is 4.70. The van der Waals surface area contributed by atoms with Gasteiger partial charge in [-0.3, -0.25) is 0 Å². The zero-order valence-electron chi connectivity index (χ0n) is 14.7. The topological polar surface area (TPSA) is 117 Å². The smallest absolute Gasteiger partial charge is 0.141 e. The molecule has 0 saturated carbocycles. The first kappa shape index (κ1) is 17.2.